The molecule has 2 fully saturated rings. The number of benzene rings is 2. The van der Waals surface area contributed by atoms with Crippen molar-refractivity contribution in [3.05, 3.63) is 59.7 Å². The number of alkyl carbamates (subject to hydrolysis) is 1. The van der Waals surface area contributed by atoms with Crippen LogP contribution in [0.3, 0.4) is 0 Å². The number of nitrogens with one attached hydrogen (secondary N) is 3. The number of fused-ring (bicyclic) bond motifs is 1. The highest BCUT2D eigenvalue weighted by molar-refractivity contribution is 8.02. The number of carbonyl (C=O) groups is 7. The normalized spacial score (nSPS) is 21.0. The minimum absolute atomic E-state index is 0.0386. The predicted molar refractivity (Wildman–Crippen MR) is 179 cm³/mol. The van der Waals surface area contributed by atoms with Crippen molar-refractivity contribution in [3.8, 4) is 11.5 Å². The predicted octanol–water partition coefficient (Wildman–Crippen LogP) is 3.04. The third-order valence-corrected chi connectivity index (χ3v) is 9.21. The molecule has 0 spiro atoms. The lowest BCUT2D eigenvalue weighted by molar-refractivity contribution is -0.174. The van der Waals surface area contributed by atoms with E-state index in [1.807, 2.05) is 0 Å². The molecule has 0 saturated carbocycles. The molecule has 0 aliphatic carbocycles. The van der Waals surface area contributed by atoms with Gasteiger partial charge >= 0.3 is 24.0 Å². The first-order chi connectivity index (χ1) is 23.4. The Balaban J connectivity index is 1.64. The van der Waals surface area contributed by atoms with E-state index in [-0.39, 0.29) is 23.7 Å². The Hall–Kier alpha value is -4.25. The second-order valence-corrected chi connectivity index (χ2v) is 15.9. The van der Waals surface area contributed by atoms with Crippen molar-refractivity contribution in [3.63, 3.8) is 0 Å². The average molecular weight is 774 g/mol. The fourth-order valence-electron chi connectivity index (χ4n) is 5.37. The number of alkyl halides is 3. The Morgan fingerprint density at radius 2 is 1.62 bits per heavy atom. The van der Waals surface area contributed by atoms with E-state index in [1.54, 1.807) is 44.2 Å². The zero-order valence-corrected chi connectivity index (χ0v) is 29.9. The molecule has 15 nitrogen and oxygen atoms in total. The van der Waals surface area contributed by atoms with Crippen molar-refractivity contribution in [2.24, 2.45) is 0 Å². The van der Waals surface area contributed by atoms with Crippen molar-refractivity contribution < 1.29 is 52.5 Å². The Kier molecular flexibility index (Phi) is 11.8. The maximum atomic E-state index is 14.0. The van der Waals surface area contributed by atoms with Crippen molar-refractivity contribution in [1.82, 2.24) is 20.9 Å². The highest BCUT2D eigenvalue weighted by Crippen LogP contribution is 2.57. The van der Waals surface area contributed by atoms with Crippen LogP contribution in [0.1, 0.15) is 44.9 Å². The summed E-state index contributed by atoms with van der Waals surface area (Å²) in [5.41, 5.74) is 0.675. The molecule has 19 heteroatoms. The SMILES string of the molecule is CC(=O)Oc1ccc(C(NC(=O)OCC(Cl)(Cl)Cl)C(=O)N[C@@H]2C(=O)N3[C@@H](C(=O)OCc4ccccc4)C(C)(C)SC23NC=O)cc1OC(C)=O. The fraction of sp³-hybridized carbons (Fsp3) is 0.387. The summed E-state index contributed by atoms with van der Waals surface area (Å²) >= 11 is 18.1. The van der Waals surface area contributed by atoms with E-state index < -0.39 is 74.1 Å². The molecule has 2 aliphatic heterocycles. The average Bonchev–Trinajstić information content (AvgIpc) is 3.24. The summed E-state index contributed by atoms with van der Waals surface area (Å²) in [6.45, 7) is 4.77. The molecule has 2 aromatic carbocycles. The number of halogens is 3. The van der Waals surface area contributed by atoms with Gasteiger partial charge in [0.1, 0.15) is 25.3 Å². The molecule has 2 aliphatic rings. The van der Waals surface area contributed by atoms with Crippen LogP contribution in [0.15, 0.2) is 48.5 Å². The number of hydrogen-bond acceptors (Lipinski definition) is 12. The van der Waals surface area contributed by atoms with Gasteiger partial charge < -0.3 is 34.9 Å². The number of nitrogens with zero attached hydrogens (tertiary/aromatic N) is 1. The molecule has 2 unspecified atom stereocenters. The van der Waals surface area contributed by atoms with Gasteiger partial charge in [-0.1, -0.05) is 71.2 Å². The molecule has 268 valence electrons. The van der Waals surface area contributed by atoms with E-state index in [0.29, 0.717) is 12.0 Å². The van der Waals surface area contributed by atoms with Crippen LogP contribution in [0, 0.1) is 0 Å². The summed E-state index contributed by atoms with van der Waals surface area (Å²) < 4.78 is 17.7. The smallest absolute Gasteiger partial charge is 0.408 e. The molecule has 4 amide bonds. The Morgan fingerprint density at radius 3 is 2.22 bits per heavy atom. The van der Waals surface area contributed by atoms with Crippen molar-refractivity contribution >= 4 is 88.8 Å². The number of carbonyl (C=O) groups excluding carboxylic acids is 7. The van der Waals surface area contributed by atoms with Crippen LogP contribution in [0.2, 0.25) is 0 Å². The van der Waals surface area contributed by atoms with Gasteiger partial charge in [0.2, 0.25) is 16.1 Å². The molecule has 0 bridgehead atoms. The number of thioether (sulfide) groups is 1. The van der Waals surface area contributed by atoms with E-state index in [4.69, 9.17) is 53.8 Å². The maximum absolute atomic E-state index is 14.0. The Morgan fingerprint density at radius 1 is 0.980 bits per heavy atom. The van der Waals surface area contributed by atoms with E-state index >= 15 is 0 Å². The summed E-state index contributed by atoms with van der Waals surface area (Å²) in [7, 11) is 0. The van der Waals surface area contributed by atoms with Crippen LogP contribution in [0.25, 0.3) is 0 Å². The summed E-state index contributed by atoms with van der Waals surface area (Å²) in [5.74, 6) is -4.49. The number of ether oxygens (including phenoxy) is 4. The topological polar surface area (TPSA) is 196 Å². The lowest BCUT2D eigenvalue weighted by atomic mass is 9.92. The van der Waals surface area contributed by atoms with Crippen molar-refractivity contribution in [2.75, 3.05) is 6.61 Å². The van der Waals surface area contributed by atoms with Gasteiger partial charge in [-0.3, -0.25) is 28.9 Å². The Labute approximate surface area is 304 Å². The number of β-lactam (4-membered cyclic amide) rings is 1. The molecule has 4 rings (SSSR count). The van der Waals surface area contributed by atoms with E-state index in [2.05, 4.69) is 16.0 Å². The fourth-order valence-corrected chi connectivity index (χ4v) is 7.33. The largest absolute Gasteiger partial charge is 0.459 e. The number of hydrogen-bond donors (Lipinski definition) is 3. The van der Waals surface area contributed by atoms with Gasteiger partial charge in [-0.25, -0.2) is 9.59 Å². The highest BCUT2D eigenvalue weighted by Gasteiger charge is 2.74. The van der Waals surface area contributed by atoms with Gasteiger partial charge in [0.05, 0.1) is 0 Å². The summed E-state index contributed by atoms with van der Waals surface area (Å²) in [6, 6.07) is 8.19. The van der Waals surface area contributed by atoms with E-state index in [1.165, 1.54) is 12.1 Å². The van der Waals surface area contributed by atoms with Gasteiger partial charge in [-0.15, -0.1) is 11.8 Å². The van der Waals surface area contributed by atoms with Crippen LogP contribution >= 0.6 is 46.6 Å². The molecular weight excluding hydrogens is 743 g/mol. The molecule has 50 heavy (non-hydrogen) atoms. The first-order valence-electron chi connectivity index (χ1n) is 14.6. The molecule has 2 heterocycles. The molecule has 0 radical (unpaired) electrons. The van der Waals surface area contributed by atoms with Crippen LogP contribution in [0.4, 0.5) is 4.79 Å². The van der Waals surface area contributed by atoms with Crippen LogP contribution < -0.4 is 25.4 Å². The maximum Gasteiger partial charge on any atom is 0.408 e. The van der Waals surface area contributed by atoms with Crippen LogP contribution in [-0.4, -0.2) is 79.4 Å². The first kappa shape index (κ1) is 38.6. The molecule has 4 atom stereocenters. The van der Waals surface area contributed by atoms with Gasteiger partial charge in [0.15, 0.2) is 22.5 Å². The van der Waals surface area contributed by atoms with Gasteiger partial charge in [0, 0.05) is 18.6 Å². The first-order valence-corrected chi connectivity index (χ1v) is 16.6. The third-order valence-electron chi connectivity index (χ3n) is 7.27. The monoisotopic (exact) mass is 772 g/mol. The highest BCUT2D eigenvalue weighted by atomic mass is 35.6. The quantitative estimate of drug-likeness (QED) is 0.0940. The standard InChI is InChI=1S/C31H31Cl3N4O11S/c1-16(40)48-20-11-10-19(12-21(20)49-17(2)41)22(36-28(45)47-14-30(32,33)34)25(42)37-23-26(43)38-24(29(3,4)50-31(23,38)35-15-39)27(44)46-13-18-8-6-5-7-9-18/h5-12,15,22-24H,13-14H2,1-4H3,(H,35,39)(H,36,45)(H,37,42)/t22?,23-,24+,31?/m1/s1. The van der Waals surface area contributed by atoms with Crippen LogP contribution in [0.5, 0.6) is 11.5 Å². The lowest BCUT2D eigenvalue weighted by Crippen LogP contribution is -2.82. The van der Waals surface area contributed by atoms with Gasteiger partial charge in [-0.05, 0) is 37.1 Å². The van der Waals surface area contributed by atoms with Crippen molar-refractivity contribution in [1.29, 1.82) is 0 Å². The summed E-state index contributed by atoms with van der Waals surface area (Å²) in [5, 5.41) is 7.41. The van der Waals surface area contributed by atoms with Gasteiger partial charge in [0.25, 0.3) is 5.91 Å². The van der Waals surface area contributed by atoms with E-state index in [0.717, 1.165) is 36.6 Å². The molecule has 2 saturated heterocycles. The van der Waals surface area contributed by atoms with Crippen molar-refractivity contribution in [2.45, 2.75) is 66.0 Å². The summed E-state index contributed by atoms with van der Waals surface area (Å²) in [4.78, 5) is 88.7. The lowest BCUT2D eigenvalue weighted by Gasteiger charge is -2.53. The zero-order chi connectivity index (χ0) is 37.0. The third kappa shape index (κ3) is 8.72. The second kappa shape index (κ2) is 15.3. The second-order valence-electron chi connectivity index (χ2n) is 11.5. The number of esters is 3. The van der Waals surface area contributed by atoms with Gasteiger partial charge in [-0.2, -0.15) is 0 Å². The van der Waals surface area contributed by atoms with E-state index in [9.17, 15) is 33.6 Å². The summed E-state index contributed by atoms with van der Waals surface area (Å²) in [6.07, 6.45) is -0.906. The molecule has 3 N–H and O–H groups in total. The molecular formula is C31H31Cl3N4O11S. The van der Waals surface area contributed by atoms with Crippen LogP contribution in [-0.2, 0) is 44.8 Å². The Bertz CT molecular complexity index is 1690. The number of amides is 4. The zero-order valence-electron chi connectivity index (χ0n) is 26.8. The number of rotatable bonds is 12. The minimum Gasteiger partial charge on any atom is -0.459 e. The minimum atomic E-state index is -2.00. The molecule has 2 aromatic rings. The molecule has 0 aromatic heterocycles.